The minimum Gasteiger partial charge on any atom is -0.491 e. The molecule has 2 aliphatic rings. The Morgan fingerprint density at radius 2 is 2.12 bits per heavy atom. The zero-order chi connectivity index (χ0) is 11.0. The molecular formula is C14H19NO. The predicted octanol–water partition coefficient (Wildman–Crippen LogP) is 2.90. The molecule has 1 aromatic carbocycles. The van der Waals surface area contributed by atoms with Crippen molar-refractivity contribution in [2.24, 2.45) is 5.92 Å². The third-order valence-corrected chi connectivity index (χ3v) is 3.83. The number of nitrogens with one attached hydrogen (secondary N) is 1. The maximum atomic E-state index is 5.69. The van der Waals surface area contributed by atoms with Crippen molar-refractivity contribution in [2.45, 2.75) is 38.3 Å². The molecule has 3 atom stereocenters. The first kappa shape index (κ1) is 10.2. The summed E-state index contributed by atoms with van der Waals surface area (Å²) in [5.41, 5.74) is 1.34. The van der Waals surface area contributed by atoms with Crippen molar-refractivity contribution in [3.63, 3.8) is 0 Å². The van der Waals surface area contributed by atoms with Gasteiger partial charge in [-0.05, 0) is 31.2 Å². The molecule has 3 rings (SSSR count). The maximum absolute atomic E-state index is 5.69. The van der Waals surface area contributed by atoms with Gasteiger partial charge in [-0.1, -0.05) is 25.1 Å². The van der Waals surface area contributed by atoms with Crippen molar-refractivity contribution in [1.82, 2.24) is 5.32 Å². The van der Waals surface area contributed by atoms with Crippen molar-refractivity contribution >= 4 is 0 Å². The topological polar surface area (TPSA) is 21.3 Å². The lowest BCUT2D eigenvalue weighted by Gasteiger charge is -2.17. The lowest BCUT2D eigenvalue weighted by Crippen LogP contribution is -2.31. The SMILES string of the molecule is CC1CCC(NC2COc3ccccc32)C1. The Labute approximate surface area is 97.0 Å². The summed E-state index contributed by atoms with van der Waals surface area (Å²) in [5, 5.41) is 3.74. The highest BCUT2D eigenvalue weighted by Gasteiger charge is 2.28. The molecule has 1 N–H and O–H groups in total. The second kappa shape index (κ2) is 4.10. The number of hydrogen-bond acceptors (Lipinski definition) is 2. The van der Waals surface area contributed by atoms with Crippen LogP contribution in [0.2, 0.25) is 0 Å². The smallest absolute Gasteiger partial charge is 0.124 e. The first-order valence-electron chi connectivity index (χ1n) is 6.30. The quantitative estimate of drug-likeness (QED) is 0.822. The molecule has 0 amide bonds. The lowest BCUT2D eigenvalue weighted by atomic mass is 10.1. The number of ether oxygens (including phenoxy) is 1. The van der Waals surface area contributed by atoms with Crippen LogP contribution >= 0.6 is 0 Å². The molecule has 1 heterocycles. The van der Waals surface area contributed by atoms with Crippen molar-refractivity contribution in [3.05, 3.63) is 29.8 Å². The summed E-state index contributed by atoms with van der Waals surface area (Å²) in [6.45, 7) is 3.14. The minimum absolute atomic E-state index is 0.409. The molecule has 16 heavy (non-hydrogen) atoms. The van der Waals surface area contributed by atoms with Crippen LogP contribution in [0.5, 0.6) is 5.75 Å². The van der Waals surface area contributed by atoms with Crippen molar-refractivity contribution in [3.8, 4) is 5.75 Å². The molecule has 1 aliphatic heterocycles. The van der Waals surface area contributed by atoms with Crippen LogP contribution in [0.3, 0.4) is 0 Å². The molecular weight excluding hydrogens is 198 g/mol. The fraction of sp³-hybridized carbons (Fsp3) is 0.571. The molecule has 1 aliphatic carbocycles. The van der Waals surface area contributed by atoms with Gasteiger partial charge >= 0.3 is 0 Å². The summed E-state index contributed by atoms with van der Waals surface area (Å²) < 4.78 is 5.69. The summed E-state index contributed by atoms with van der Waals surface area (Å²) in [6.07, 6.45) is 4.01. The summed E-state index contributed by atoms with van der Waals surface area (Å²) in [6, 6.07) is 9.48. The van der Waals surface area contributed by atoms with Gasteiger partial charge in [0, 0.05) is 11.6 Å². The lowest BCUT2D eigenvalue weighted by molar-refractivity contribution is 0.296. The van der Waals surface area contributed by atoms with Gasteiger partial charge in [0.05, 0.1) is 6.04 Å². The Hall–Kier alpha value is -1.02. The van der Waals surface area contributed by atoms with Gasteiger partial charge in [-0.25, -0.2) is 0 Å². The highest BCUT2D eigenvalue weighted by molar-refractivity contribution is 5.39. The second-order valence-electron chi connectivity index (χ2n) is 5.18. The fourth-order valence-corrected chi connectivity index (χ4v) is 2.94. The average molecular weight is 217 g/mol. The fourth-order valence-electron chi connectivity index (χ4n) is 2.94. The summed E-state index contributed by atoms with van der Waals surface area (Å²) in [7, 11) is 0. The molecule has 0 spiro atoms. The Balaban J connectivity index is 1.69. The molecule has 0 bridgehead atoms. The summed E-state index contributed by atoms with van der Waals surface area (Å²) in [5.74, 6) is 1.95. The van der Waals surface area contributed by atoms with Gasteiger partial charge in [0.2, 0.25) is 0 Å². The number of rotatable bonds is 2. The van der Waals surface area contributed by atoms with E-state index in [0.717, 1.165) is 18.3 Å². The van der Waals surface area contributed by atoms with E-state index in [1.165, 1.54) is 24.8 Å². The van der Waals surface area contributed by atoms with E-state index < -0.39 is 0 Å². The van der Waals surface area contributed by atoms with Crippen molar-refractivity contribution in [1.29, 1.82) is 0 Å². The van der Waals surface area contributed by atoms with Gasteiger partial charge in [-0.3, -0.25) is 0 Å². The van der Waals surface area contributed by atoms with E-state index >= 15 is 0 Å². The number of hydrogen-bond donors (Lipinski definition) is 1. The van der Waals surface area contributed by atoms with Crippen molar-refractivity contribution in [2.75, 3.05) is 6.61 Å². The molecule has 2 nitrogen and oxygen atoms in total. The first-order chi connectivity index (χ1) is 7.83. The molecule has 0 radical (unpaired) electrons. The maximum Gasteiger partial charge on any atom is 0.124 e. The van der Waals surface area contributed by atoms with E-state index in [-0.39, 0.29) is 0 Å². The third-order valence-electron chi connectivity index (χ3n) is 3.83. The van der Waals surface area contributed by atoms with Crippen LogP contribution in [-0.4, -0.2) is 12.6 Å². The molecule has 86 valence electrons. The zero-order valence-corrected chi connectivity index (χ0v) is 9.78. The predicted molar refractivity (Wildman–Crippen MR) is 64.6 cm³/mol. The molecule has 2 heteroatoms. The molecule has 1 aromatic rings. The van der Waals surface area contributed by atoms with Crippen LogP contribution in [-0.2, 0) is 0 Å². The molecule has 1 saturated carbocycles. The summed E-state index contributed by atoms with van der Waals surface area (Å²) >= 11 is 0. The Bertz CT molecular complexity index is 377. The van der Waals surface area contributed by atoms with Crippen LogP contribution < -0.4 is 10.1 Å². The number of fused-ring (bicyclic) bond motifs is 1. The standard InChI is InChI=1S/C14H19NO/c1-10-6-7-11(8-10)15-13-9-16-14-5-3-2-4-12(13)14/h2-5,10-11,13,15H,6-9H2,1H3. The van der Waals surface area contributed by atoms with Crippen LogP contribution in [0.15, 0.2) is 24.3 Å². The Morgan fingerprint density at radius 1 is 1.25 bits per heavy atom. The Kier molecular flexibility index (Phi) is 2.60. The third kappa shape index (κ3) is 1.82. The van der Waals surface area contributed by atoms with Crippen LogP contribution in [0.4, 0.5) is 0 Å². The molecule has 3 unspecified atom stereocenters. The first-order valence-corrected chi connectivity index (χ1v) is 6.30. The van der Waals surface area contributed by atoms with Crippen molar-refractivity contribution < 1.29 is 4.74 Å². The highest BCUT2D eigenvalue weighted by Crippen LogP contribution is 2.34. The van der Waals surface area contributed by atoms with Gasteiger partial charge in [0.1, 0.15) is 12.4 Å². The largest absolute Gasteiger partial charge is 0.491 e. The van der Waals surface area contributed by atoms with E-state index in [4.69, 9.17) is 4.74 Å². The monoisotopic (exact) mass is 217 g/mol. The van der Waals surface area contributed by atoms with Crippen LogP contribution in [0.1, 0.15) is 37.8 Å². The molecule has 0 aromatic heterocycles. The van der Waals surface area contributed by atoms with E-state index in [2.05, 4.69) is 30.4 Å². The van der Waals surface area contributed by atoms with Gasteiger partial charge in [-0.2, -0.15) is 0 Å². The van der Waals surface area contributed by atoms with Gasteiger partial charge < -0.3 is 10.1 Å². The van der Waals surface area contributed by atoms with E-state index in [1.54, 1.807) is 0 Å². The van der Waals surface area contributed by atoms with E-state index in [1.807, 2.05) is 6.07 Å². The average Bonchev–Trinajstić information content (AvgIpc) is 2.87. The number of benzene rings is 1. The summed E-state index contributed by atoms with van der Waals surface area (Å²) in [4.78, 5) is 0. The molecule has 0 saturated heterocycles. The second-order valence-corrected chi connectivity index (χ2v) is 5.18. The zero-order valence-electron chi connectivity index (χ0n) is 9.78. The van der Waals surface area contributed by atoms with E-state index in [9.17, 15) is 0 Å². The minimum atomic E-state index is 0.409. The van der Waals surface area contributed by atoms with E-state index in [0.29, 0.717) is 12.1 Å². The van der Waals surface area contributed by atoms with Gasteiger partial charge in [-0.15, -0.1) is 0 Å². The normalized spacial score (nSPS) is 32.4. The highest BCUT2D eigenvalue weighted by atomic mass is 16.5. The van der Waals surface area contributed by atoms with Gasteiger partial charge in [0.15, 0.2) is 0 Å². The van der Waals surface area contributed by atoms with Crippen LogP contribution in [0.25, 0.3) is 0 Å². The number of para-hydroxylation sites is 1. The van der Waals surface area contributed by atoms with Crippen LogP contribution in [0, 0.1) is 5.92 Å². The Morgan fingerprint density at radius 3 is 2.94 bits per heavy atom. The molecule has 1 fully saturated rings. The van der Waals surface area contributed by atoms with Gasteiger partial charge in [0.25, 0.3) is 0 Å².